The quantitative estimate of drug-likeness (QED) is 0.226. The van der Waals surface area contributed by atoms with Crippen LogP contribution in [0.3, 0.4) is 0 Å². The molecule has 244 valence electrons. The van der Waals surface area contributed by atoms with Gasteiger partial charge in [0.2, 0.25) is 6.29 Å². The Balaban J connectivity index is 1.46. The van der Waals surface area contributed by atoms with Gasteiger partial charge in [-0.3, -0.25) is 4.79 Å². The van der Waals surface area contributed by atoms with Crippen LogP contribution >= 0.6 is 0 Å². The molecular formula is C34H37NO11. The van der Waals surface area contributed by atoms with Crippen molar-refractivity contribution in [3.63, 3.8) is 0 Å². The third-order valence-corrected chi connectivity index (χ3v) is 8.01. The smallest absolute Gasteiger partial charge is 0.360 e. The van der Waals surface area contributed by atoms with Crippen LogP contribution in [0.4, 0.5) is 5.69 Å². The third-order valence-electron chi connectivity index (χ3n) is 8.01. The van der Waals surface area contributed by atoms with Gasteiger partial charge < -0.3 is 48.4 Å². The SMILES string of the molecule is COc1cccc(-c2cc(C(=O)Nc3cc4cc(OC)c(O[C@@H]5OC(C)(C)C(OC)C(O)C5O)c(C)c4oc3=O)ccc2OC)c1. The van der Waals surface area contributed by atoms with Crippen molar-refractivity contribution in [2.75, 3.05) is 33.8 Å². The lowest BCUT2D eigenvalue weighted by Crippen LogP contribution is -2.63. The molecule has 1 aliphatic rings. The van der Waals surface area contributed by atoms with Crippen molar-refractivity contribution in [1.82, 2.24) is 0 Å². The molecule has 1 amide bonds. The number of benzene rings is 3. The minimum atomic E-state index is -1.45. The van der Waals surface area contributed by atoms with Gasteiger partial charge in [-0.05, 0) is 68.8 Å². The molecular weight excluding hydrogens is 598 g/mol. The Bertz CT molecular complexity index is 1820. The fraction of sp³-hybridized carbons (Fsp3) is 0.353. The van der Waals surface area contributed by atoms with Gasteiger partial charge in [-0.2, -0.15) is 0 Å². The van der Waals surface area contributed by atoms with E-state index < -0.39 is 41.7 Å². The maximum Gasteiger partial charge on any atom is 0.360 e. The minimum Gasteiger partial charge on any atom is -0.497 e. The van der Waals surface area contributed by atoms with Gasteiger partial charge in [0.15, 0.2) is 11.5 Å². The lowest BCUT2D eigenvalue weighted by Gasteiger charge is -2.46. The Labute approximate surface area is 265 Å². The zero-order chi connectivity index (χ0) is 33.3. The van der Waals surface area contributed by atoms with E-state index in [1.807, 2.05) is 24.3 Å². The number of carbonyl (C=O) groups excluding carboxylic acids is 1. The second kappa shape index (κ2) is 13.0. The van der Waals surface area contributed by atoms with Crippen LogP contribution in [0.15, 0.2) is 63.8 Å². The number of hydrogen-bond acceptors (Lipinski definition) is 11. The van der Waals surface area contributed by atoms with E-state index in [0.717, 1.165) is 5.56 Å². The number of aryl methyl sites for hydroxylation is 1. The number of carbonyl (C=O) groups is 1. The van der Waals surface area contributed by atoms with Crippen LogP contribution in [0.25, 0.3) is 22.1 Å². The van der Waals surface area contributed by atoms with E-state index in [2.05, 4.69) is 5.32 Å². The van der Waals surface area contributed by atoms with Crippen molar-refractivity contribution in [2.45, 2.75) is 51.0 Å². The molecule has 0 saturated carbocycles. The van der Waals surface area contributed by atoms with E-state index >= 15 is 0 Å². The highest BCUT2D eigenvalue weighted by Gasteiger charge is 2.50. The molecule has 0 radical (unpaired) electrons. The fourth-order valence-corrected chi connectivity index (χ4v) is 5.65. The van der Waals surface area contributed by atoms with Crippen LogP contribution in [-0.4, -0.2) is 74.8 Å². The van der Waals surface area contributed by atoms with E-state index in [1.54, 1.807) is 52.1 Å². The van der Waals surface area contributed by atoms with Gasteiger partial charge in [-0.15, -0.1) is 0 Å². The topological polar surface area (TPSA) is 155 Å². The standard InChI is InChI=1S/C34H37NO11/c1-17-28-20(16-25(42-6)29(17)45-33-27(37)26(36)30(43-7)34(2,3)46-33)15-23(32(39)44-28)35-31(38)19-11-12-24(41-5)22(14-19)18-9-8-10-21(13-18)40-4/h8-16,26-27,30,33,36-37H,1-7H3,(H,35,38)/t26?,27?,30?,33-/m1/s1. The van der Waals surface area contributed by atoms with Gasteiger partial charge >= 0.3 is 5.63 Å². The first-order chi connectivity index (χ1) is 21.9. The lowest BCUT2D eigenvalue weighted by atomic mass is 9.89. The van der Waals surface area contributed by atoms with Crippen molar-refractivity contribution in [2.24, 2.45) is 0 Å². The zero-order valence-corrected chi connectivity index (χ0v) is 26.6. The normalized spacial score (nSPS) is 20.6. The van der Waals surface area contributed by atoms with E-state index in [4.69, 9.17) is 32.8 Å². The van der Waals surface area contributed by atoms with Crippen LogP contribution in [0.1, 0.15) is 29.8 Å². The van der Waals surface area contributed by atoms with Crippen LogP contribution in [0.2, 0.25) is 0 Å². The van der Waals surface area contributed by atoms with Crippen LogP contribution in [0, 0.1) is 6.92 Å². The maximum absolute atomic E-state index is 13.4. The van der Waals surface area contributed by atoms with Crippen LogP contribution in [0.5, 0.6) is 23.0 Å². The number of anilines is 1. The molecule has 1 fully saturated rings. The molecule has 5 rings (SSSR count). The molecule has 12 heteroatoms. The second-order valence-electron chi connectivity index (χ2n) is 11.3. The molecule has 12 nitrogen and oxygen atoms in total. The van der Waals surface area contributed by atoms with E-state index in [9.17, 15) is 19.8 Å². The Hall–Kier alpha value is -4.62. The second-order valence-corrected chi connectivity index (χ2v) is 11.3. The van der Waals surface area contributed by atoms with Crippen LogP contribution < -0.4 is 29.9 Å². The summed E-state index contributed by atoms with van der Waals surface area (Å²) in [4.78, 5) is 26.5. The fourth-order valence-electron chi connectivity index (χ4n) is 5.65. The summed E-state index contributed by atoms with van der Waals surface area (Å²) in [5.74, 6) is 1.04. The van der Waals surface area contributed by atoms with Crippen LogP contribution in [-0.2, 0) is 9.47 Å². The Morgan fingerprint density at radius 1 is 0.913 bits per heavy atom. The number of ether oxygens (including phenoxy) is 6. The first-order valence-corrected chi connectivity index (χ1v) is 14.4. The first kappa shape index (κ1) is 32.8. The number of methoxy groups -OCH3 is 4. The Morgan fingerprint density at radius 3 is 2.33 bits per heavy atom. The molecule has 1 aromatic heterocycles. The number of hydrogen-bond donors (Lipinski definition) is 3. The highest BCUT2D eigenvalue weighted by Crippen LogP contribution is 2.41. The van der Waals surface area contributed by atoms with Gasteiger partial charge in [-0.1, -0.05) is 12.1 Å². The lowest BCUT2D eigenvalue weighted by molar-refractivity contribution is -0.306. The Kier molecular flexibility index (Phi) is 9.27. The summed E-state index contributed by atoms with van der Waals surface area (Å²) < 4.78 is 39.4. The zero-order valence-electron chi connectivity index (χ0n) is 26.6. The molecule has 0 aliphatic carbocycles. The van der Waals surface area contributed by atoms with E-state index in [-0.39, 0.29) is 28.3 Å². The van der Waals surface area contributed by atoms with Crippen molar-refractivity contribution >= 4 is 22.6 Å². The molecule has 3 aromatic carbocycles. The molecule has 2 heterocycles. The van der Waals surface area contributed by atoms with E-state index in [0.29, 0.717) is 28.0 Å². The molecule has 4 atom stereocenters. The third kappa shape index (κ3) is 6.12. The predicted molar refractivity (Wildman–Crippen MR) is 169 cm³/mol. The predicted octanol–water partition coefficient (Wildman–Crippen LogP) is 4.30. The molecule has 3 N–H and O–H groups in total. The van der Waals surface area contributed by atoms with Crippen molar-refractivity contribution in [1.29, 1.82) is 0 Å². The monoisotopic (exact) mass is 635 g/mol. The van der Waals surface area contributed by atoms with E-state index in [1.165, 1.54) is 27.4 Å². The highest BCUT2D eigenvalue weighted by atomic mass is 16.7. The summed E-state index contributed by atoms with van der Waals surface area (Å²) >= 11 is 0. The summed E-state index contributed by atoms with van der Waals surface area (Å²) in [7, 11) is 5.95. The van der Waals surface area contributed by atoms with Gasteiger partial charge in [0.05, 0.1) is 26.9 Å². The summed E-state index contributed by atoms with van der Waals surface area (Å²) in [6, 6.07) is 15.3. The van der Waals surface area contributed by atoms with Crippen molar-refractivity contribution < 1.29 is 47.8 Å². The molecule has 1 saturated heterocycles. The minimum absolute atomic E-state index is 0.0899. The van der Waals surface area contributed by atoms with Crippen molar-refractivity contribution in [3.05, 3.63) is 76.1 Å². The average molecular weight is 636 g/mol. The summed E-state index contributed by atoms with van der Waals surface area (Å²) in [5, 5.41) is 24.5. The molecule has 46 heavy (non-hydrogen) atoms. The van der Waals surface area contributed by atoms with Gasteiger partial charge in [0, 0.05) is 29.2 Å². The first-order valence-electron chi connectivity index (χ1n) is 14.4. The largest absolute Gasteiger partial charge is 0.497 e. The number of aliphatic hydroxyl groups is 2. The number of amides is 1. The van der Waals surface area contributed by atoms with Gasteiger partial charge in [-0.25, -0.2) is 4.79 Å². The summed E-state index contributed by atoms with van der Waals surface area (Å²) in [6.07, 6.45) is -4.85. The summed E-state index contributed by atoms with van der Waals surface area (Å²) in [6.45, 7) is 5.06. The Morgan fingerprint density at radius 2 is 1.65 bits per heavy atom. The van der Waals surface area contributed by atoms with Gasteiger partial charge in [0.25, 0.3) is 5.91 Å². The van der Waals surface area contributed by atoms with Gasteiger partial charge in [0.1, 0.15) is 41.1 Å². The molecule has 1 aliphatic heterocycles. The summed E-state index contributed by atoms with van der Waals surface area (Å²) in [5.41, 5.74) is 0.370. The molecule has 0 bridgehead atoms. The highest BCUT2D eigenvalue weighted by molar-refractivity contribution is 6.06. The molecule has 4 aromatic rings. The average Bonchev–Trinajstić information content (AvgIpc) is 3.05. The number of nitrogens with one attached hydrogen (secondary N) is 1. The number of fused-ring (bicyclic) bond motifs is 1. The van der Waals surface area contributed by atoms with Crippen molar-refractivity contribution in [3.8, 4) is 34.1 Å². The number of aliphatic hydroxyl groups excluding tert-OH is 2. The number of rotatable bonds is 9. The maximum atomic E-state index is 13.4. The molecule has 0 spiro atoms. The molecule has 3 unspecified atom stereocenters.